The predicted molar refractivity (Wildman–Crippen MR) is 83.5 cm³/mol. The topological polar surface area (TPSA) is 86.7 Å². The molecule has 2 atom stereocenters. The zero-order valence-corrected chi connectivity index (χ0v) is 13.7. The molecule has 2 saturated carbocycles. The minimum atomic E-state index is -0.969. The number of hydrogen-bond donors (Lipinski definition) is 2. The first-order valence-electron chi connectivity index (χ1n) is 8.78. The lowest BCUT2D eigenvalue weighted by atomic mass is 9.87. The van der Waals surface area contributed by atoms with Crippen molar-refractivity contribution in [2.24, 2.45) is 17.8 Å². The molecule has 2 amide bonds. The van der Waals surface area contributed by atoms with Crippen molar-refractivity contribution in [3.05, 3.63) is 0 Å². The van der Waals surface area contributed by atoms with Gasteiger partial charge in [0.25, 0.3) is 0 Å². The second kappa shape index (κ2) is 6.49. The number of nitrogens with one attached hydrogen (secondary N) is 1. The largest absolute Gasteiger partial charge is 0.480 e. The highest BCUT2D eigenvalue weighted by molar-refractivity contribution is 5.91. The molecule has 2 aliphatic carbocycles. The van der Waals surface area contributed by atoms with E-state index in [1.165, 1.54) is 0 Å². The molecule has 1 aliphatic heterocycles. The number of rotatable bonds is 5. The van der Waals surface area contributed by atoms with Crippen molar-refractivity contribution < 1.29 is 19.5 Å². The summed E-state index contributed by atoms with van der Waals surface area (Å²) in [5.74, 6) is -0.819. The van der Waals surface area contributed by atoms with Crippen LogP contribution in [-0.4, -0.2) is 46.4 Å². The maximum atomic E-state index is 12.4. The van der Waals surface area contributed by atoms with E-state index in [2.05, 4.69) is 12.2 Å². The first kappa shape index (κ1) is 16.3. The molecule has 2 unspecified atom stereocenters. The summed E-state index contributed by atoms with van der Waals surface area (Å²) in [6.07, 6.45) is 6.22. The fourth-order valence-corrected chi connectivity index (χ4v) is 3.90. The van der Waals surface area contributed by atoms with E-state index in [1.54, 1.807) is 0 Å². The number of amides is 2. The quantitative estimate of drug-likeness (QED) is 0.801. The average molecular weight is 322 g/mol. The zero-order chi connectivity index (χ0) is 16.6. The fraction of sp³-hybridized carbons (Fsp3) is 0.824. The van der Waals surface area contributed by atoms with Crippen LogP contribution in [0.25, 0.3) is 0 Å². The number of likely N-dealkylation sites (tertiary alicyclic amines) is 1. The van der Waals surface area contributed by atoms with Gasteiger partial charge < -0.3 is 15.3 Å². The van der Waals surface area contributed by atoms with Crippen LogP contribution in [-0.2, 0) is 14.4 Å². The molecule has 3 fully saturated rings. The van der Waals surface area contributed by atoms with E-state index in [9.17, 15) is 19.5 Å². The van der Waals surface area contributed by atoms with Gasteiger partial charge in [-0.25, -0.2) is 4.79 Å². The Morgan fingerprint density at radius 1 is 1.17 bits per heavy atom. The van der Waals surface area contributed by atoms with Crippen molar-refractivity contribution in [1.29, 1.82) is 0 Å². The molecule has 3 aliphatic rings. The van der Waals surface area contributed by atoms with Crippen LogP contribution < -0.4 is 5.32 Å². The first-order chi connectivity index (χ1) is 11.0. The molecule has 0 aromatic rings. The van der Waals surface area contributed by atoms with Gasteiger partial charge in [-0.15, -0.1) is 0 Å². The molecule has 0 radical (unpaired) electrons. The molecule has 1 saturated heterocycles. The van der Waals surface area contributed by atoms with Crippen molar-refractivity contribution in [3.63, 3.8) is 0 Å². The van der Waals surface area contributed by atoms with Gasteiger partial charge in [0.05, 0.1) is 5.92 Å². The highest BCUT2D eigenvalue weighted by Gasteiger charge is 2.42. The monoisotopic (exact) mass is 322 g/mol. The van der Waals surface area contributed by atoms with Crippen LogP contribution in [0.1, 0.15) is 51.9 Å². The molecule has 0 spiro atoms. The summed E-state index contributed by atoms with van der Waals surface area (Å²) in [5, 5.41) is 11.9. The fourth-order valence-electron chi connectivity index (χ4n) is 3.90. The number of carboxylic acids is 1. The third kappa shape index (κ3) is 3.67. The average Bonchev–Trinajstić information content (AvgIpc) is 3.27. The Morgan fingerprint density at radius 2 is 1.83 bits per heavy atom. The second-order valence-corrected chi connectivity index (χ2v) is 7.52. The van der Waals surface area contributed by atoms with E-state index >= 15 is 0 Å². The molecule has 3 rings (SSSR count). The van der Waals surface area contributed by atoms with E-state index in [0.29, 0.717) is 6.54 Å². The van der Waals surface area contributed by atoms with Crippen molar-refractivity contribution in [2.75, 3.05) is 6.54 Å². The normalized spacial score (nSPS) is 32.7. The van der Waals surface area contributed by atoms with Gasteiger partial charge >= 0.3 is 5.97 Å². The van der Waals surface area contributed by atoms with Crippen molar-refractivity contribution >= 4 is 17.8 Å². The minimum absolute atomic E-state index is 0.0444. The smallest absolute Gasteiger partial charge is 0.326 e. The number of aliphatic carboxylic acids is 1. The summed E-state index contributed by atoms with van der Waals surface area (Å²) in [6, 6.07) is -0.530. The Hall–Kier alpha value is -1.59. The lowest BCUT2D eigenvalue weighted by Crippen LogP contribution is -2.46. The Bertz CT molecular complexity index is 495. The molecular formula is C17H26N2O4. The molecule has 0 aromatic heterocycles. The van der Waals surface area contributed by atoms with Gasteiger partial charge in [0.15, 0.2) is 0 Å². The summed E-state index contributed by atoms with van der Waals surface area (Å²) < 4.78 is 0. The van der Waals surface area contributed by atoms with Crippen LogP contribution >= 0.6 is 0 Å². The minimum Gasteiger partial charge on any atom is -0.480 e. The standard InChI is InChI=1S/C17H26N2O4/c1-10-2-6-13(7-3-10)19-9-12(8-14(19)20)16(21)18-15(17(22)23)11-4-5-11/h10-13,15H,2-9H2,1H3,(H,18,21)(H,22,23). The molecule has 2 N–H and O–H groups in total. The van der Waals surface area contributed by atoms with Crippen LogP contribution in [0.3, 0.4) is 0 Å². The van der Waals surface area contributed by atoms with E-state index in [-0.39, 0.29) is 30.2 Å². The molecule has 6 heteroatoms. The summed E-state index contributed by atoms with van der Waals surface area (Å²) in [7, 11) is 0. The maximum Gasteiger partial charge on any atom is 0.326 e. The number of carbonyl (C=O) groups is 3. The Labute approximate surface area is 136 Å². The lowest BCUT2D eigenvalue weighted by Gasteiger charge is -2.33. The number of carbonyl (C=O) groups excluding carboxylic acids is 2. The molecular weight excluding hydrogens is 296 g/mol. The van der Waals surface area contributed by atoms with E-state index in [4.69, 9.17) is 0 Å². The van der Waals surface area contributed by atoms with Gasteiger partial charge in [0, 0.05) is 19.0 Å². The Morgan fingerprint density at radius 3 is 2.39 bits per heavy atom. The SMILES string of the molecule is CC1CCC(N2CC(C(=O)NC(C(=O)O)C3CC3)CC2=O)CC1. The molecule has 0 bridgehead atoms. The molecule has 6 nitrogen and oxygen atoms in total. The van der Waals surface area contributed by atoms with Crippen LogP contribution in [0, 0.1) is 17.8 Å². The van der Waals surface area contributed by atoms with Crippen LogP contribution in [0.4, 0.5) is 0 Å². The van der Waals surface area contributed by atoms with Gasteiger partial charge in [-0.3, -0.25) is 9.59 Å². The number of nitrogens with zero attached hydrogens (tertiary/aromatic N) is 1. The molecule has 128 valence electrons. The number of carboxylic acid groups (broad SMARTS) is 1. The first-order valence-corrected chi connectivity index (χ1v) is 8.78. The summed E-state index contributed by atoms with van der Waals surface area (Å²) >= 11 is 0. The number of hydrogen-bond acceptors (Lipinski definition) is 3. The van der Waals surface area contributed by atoms with Crippen LogP contribution in [0.2, 0.25) is 0 Å². The Kier molecular flexibility index (Phi) is 4.60. The van der Waals surface area contributed by atoms with Crippen molar-refractivity contribution in [1.82, 2.24) is 10.2 Å². The zero-order valence-electron chi connectivity index (χ0n) is 13.7. The molecule has 1 heterocycles. The van der Waals surface area contributed by atoms with E-state index < -0.39 is 17.9 Å². The second-order valence-electron chi connectivity index (χ2n) is 7.52. The van der Waals surface area contributed by atoms with E-state index in [1.807, 2.05) is 4.90 Å². The van der Waals surface area contributed by atoms with Gasteiger partial charge in [-0.2, -0.15) is 0 Å². The highest BCUT2D eigenvalue weighted by Crippen LogP contribution is 2.34. The van der Waals surface area contributed by atoms with Gasteiger partial charge in [0.2, 0.25) is 11.8 Å². The lowest BCUT2D eigenvalue weighted by molar-refractivity contribution is -0.143. The van der Waals surface area contributed by atoms with Gasteiger partial charge in [-0.05, 0) is 50.4 Å². The maximum absolute atomic E-state index is 12.4. The third-order valence-electron chi connectivity index (χ3n) is 5.61. The highest BCUT2D eigenvalue weighted by atomic mass is 16.4. The Balaban J connectivity index is 1.56. The predicted octanol–water partition coefficient (Wildman–Crippen LogP) is 1.39. The summed E-state index contributed by atoms with van der Waals surface area (Å²) in [4.78, 5) is 37.7. The van der Waals surface area contributed by atoms with E-state index in [0.717, 1.165) is 44.4 Å². The third-order valence-corrected chi connectivity index (χ3v) is 5.61. The molecule has 0 aromatic carbocycles. The van der Waals surface area contributed by atoms with Crippen molar-refractivity contribution in [2.45, 2.75) is 64.0 Å². The van der Waals surface area contributed by atoms with Crippen LogP contribution in [0.15, 0.2) is 0 Å². The van der Waals surface area contributed by atoms with Crippen molar-refractivity contribution in [3.8, 4) is 0 Å². The van der Waals surface area contributed by atoms with Gasteiger partial charge in [0.1, 0.15) is 6.04 Å². The van der Waals surface area contributed by atoms with Crippen LogP contribution in [0.5, 0.6) is 0 Å². The summed E-state index contributed by atoms with van der Waals surface area (Å²) in [5.41, 5.74) is 0. The molecule has 23 heavy (non-hydrogen) atoms. The van der Waals surface area contributed by atoms with Gasteiger partial charge in [-0.1, -0.05) is 6.92 Å². The summed E-state index contributed by atoms with van der Waals surface area (Å²) in [6.45, 7) is 2.68.